The molecule has 0 N–H and O–H groups in total. The van der Waals surface area contributed by atoms with Gasteiger partial charge in [0.2, 0.25) is 0 Å². The number of rotatable bonds is 2. The quantitative estimate of drug-likeness (QED) is 0.810. The average Bonchev–Trinajstić information content (AvgIpc) is 3.07. The monoisotopic (exact) mass is 259 g/mol. The van der Waals surface area contributed by atoms with Crippen molar-refractivity contribution < 1.29 is 9.53 Å². The first-order valence-corrected chi connectivity index (χ1v) is 6.65. The molecule has 5 heteroatoms. The average molecular weight is 259 g/mol. The standard InChI is InChI=1S/C14H17N3O2/c1-10-4-3-7-17(10)14(18)12-13(19-9-16-12)11-5-2-6-15-8-11/h2,5-6,8-10,12-13H,3-4,7H2,1H3/t10-,12+,13?/m1/s1. The second-order valence-electron chi connectivity index (χ2n) is 5.07. The summed E-state index contributed by atoms with van der Waals surface area (Å²) in [4.78, 5) is 22.8. The van der Waals surface area contributed by atoms with E-state index in [1.807, 2.05) is 17.0 Å². The molecule has 0 aliphatic carbocycles. The molecule has 2 aliphatic rings. The summed E-state index contributed by atoms with van der Waals surface area (Å²) in [5.74, 6) is 0.0626. The number of hydrogen-bond donors (Lipinski definition) is 0. The zero-order chi connectivity index (χ0) is 13.2. The van der Waals surface area contributed by atoms with E-state index in [1.165, 1.54) is 6.40 Å². The van der Waals surface area contributed by atoms with Crippen molar-refractivity contribution in [3.05, 3.63) is 30.1 Å². The Balaban J connectivity index is 1.79. The van der Waals surface area contributed by atoms with Crippen LogP contribution in [0.2, 0.25) is 0 Å². The Kier molecular flexibility index (Phi) is 3.19. The Hall–Kier alpha value is -1.91. The molecule has 1 saturated heterocycles. The molecular formula is C14H17N3O2. The highest BCUT2D eigenvalue weighted by Gasteiger charge is 2.39. The summed E-state index contributed by atoms with van der Waals surface area (Å²) in [5.41, 5.74) is 0.894. The lowest BCUT2D eigenvalue weighted by Crippen LogP contribution is -2.41. The number of nitrogens with zero attached hydrogens (tertiary/aromatic N) is 3. The van der Waals surface area contributed by atoms with Crippen LogP contribution in [0, 0.1) is 0 Å². The van der Waals surface area contributed by atoms with Crippen molar-refractivity contribution in [2.75, 3.05) is 6.54 Å². The van der Waals surface area contributed by atoms with Crippen LogP contribution in [0.3, 0.4) is 0 Å². The van der Waals surface area contributed by atoms with Gasteiger partial charge < -0.3 is 9.64 Å². The molecule has 0 spiro atoms. The van der Waals surface area contributed by atoms with Crippen LogP contribution < -0.4 is 0 Å². The molecule has 0 bridgehead atoms. The molecule has 0 radical (unpaired) electrons. The number of carbonyl (C=O) groups excluding carboxylic acids is 1. The molecule has 3 atom stereocenters. The number of aliphatic imine (C=N–C) groups is 1. The van der Waals surface area contributed by atoms with E-state index in [0.717, 1.165) is 24.9 Å². The van der Waals surface area contributed by atoms with Gasteiger partial charge in [-0.05, 0) is 25.8 Å². The zero-order valence-corrected chi connectivity index (χ0v) is 10.9. The first-order valence-electron chi connectivity index (χ1n) is 6.65. The molecule has 1 aromatic rings. The van der Waals surface area contributed by atoms with Gasteiger partial charge in [-0.1, -0.05) is 6.07 Å². The summed E-state index contributed by atoms with van der Waals surface area (Å²) in [6, 6.07) is 3.60. The number of aromatic nitrogens is 1. The van der Waals surface area contributed by atoms with Crippen molar-refractivity contribution in [3.8, 4) is 0 Å². The van der Waals surface area contributed by atoms with Gasteiger partial charge in [0.15, 0.2) is 18.5 Å². The van der Waals surface area contributed by atoms with Crippen molar-refractivity contribution >= 4 is 12.3 Å². The van der Waals surface area contributed by atoms with Gasteiger partial charge in [0, 0.05) is 30.5 Å². The van der Waals surface area contributed by atoms with E-state index in [-0.39, 0.29) is 12.0 Å². The number of ether oxygens (including phenoxy) is 1. The van der Waals surface area contributed by atoms with E-state index >= 15 is 0 Å². The van der Waals surface area contributed by atoms with Gasteiger partial charge >= 0.3 is 0 Å². The molecule has 1 amide bonds. The Morgan fingerprint density at radius 2 is 2.42 bits per heavy atom. The SMILES string of the molecule is C[C@@H]1CCCN1C(=O)[C@H]1N=COC1c1cccnc1. The summed E-state index contributed by atoms with van der Waals surface area (Å²) >= 11 is 0. The third-order valence-corrected chi connectivity index (χ3v) is 3.82. The molecule has 19 heavy (non-hydrogen) atoms. The van der Waals surface area contributed by atoms with Crippen LogP contribution in [-0.2, 0) is 9.53 Å². The van der Waals surface area contributed by atoms with Crippen molar-refractivity contribution in [2.45, 2.75) is 38.0 Å². The van der Waals surface area contributed by atoms with Crippen LogP contribution in [0.15, 0.2) is 29.5 Å². The zero-order valence-electron chi connectivity index (χ0n) is 10.9. The largest absolute Gasteiger partial charge is 0.473 e. The molecule has 3 rings (SSSR count). The van der Waals surface area contributed by atoms with Crippen LogP contribution in [0.4, 0.5) is 0 Å². The minimum absolute atomic E-state index is 0.0626. The molecule has 5 nitrogen and oxygen atoms in total. The third kappa shape index (κ3) is 2.20. The number of pyridine rings is 1. The number of amides is 1. The van der Waals surface area contributed by atoms with Gasteiger partial charge in [-0.25, -0.2) is 4.99 Å². The van der Waals surface area contributed by atoms with Crippen molar-refractivity contribution in [1.29, 1.82) is 0 Å². The maximum Gasteiger partial charge on any atom is 0.251 e. The summed E-state index contributed by atoms with van der Waals surface area (Å²) in [7, 11) is 0. The maximum atomic E-state index is 12.6. The van der Waals surface area contributed by atoms with E-state index in [1.54, 1.807) is 12.4 Å². The lowest BCUT2D eigenvalue weighted by molar-refractivity contribution is -0.134. The fraction of sp³-hybridized carbons (Fsp3) is 0.500. The van der Waals surface area contributed by atoms with E-state index in [2.05, 4.69) is 16.9 Å². The molecule has 3 heterocycles. The highest BCUT2D eigenvalue weighted by atomic mass is 16.5. The first kappa shape index (κ1) is 12.1. The van der Waals surface area contributed by atoms with E-state index in [0.29, 0.717) is 6.04 Å². The van der Waals surface area contributed by atoms with Gasteiger partial charge in [-0.15, -0.1) is 0 Å². The van der Waals surface area contributed by atoms with Gasteiger partial charge in [-0.3, -0.25) is 9.78 Å². The van der Waals surface area contributed by atoms with Crippen LogP contribution in [-0.4, -0.2) is 40.8 Å². The Morgan fingerprint density at radius 1 is 1.53 bits per heavy atom. The summed E-state index contributed by atoms with van der Waals surface area (Å²) in [5, 5.41) is 0. The van der Waals surface area contributed by atoms with Gasteiger partial charge in [0.1, 0.15) is 0 Å². The summed E-state index contributed by atoms with van der Waals surface area (Å²) in [6.07, 6.45) is 6.63. The fourth-order valence-electron chi connectivity index (χ4n) is 2.75. The molecule has 100 valence electrons. The molecule has 0 saturated carbocycles. The van der Waals surface area contributed by atoms with E-state index in [4.69, 9.17) is 4.74 Å². The predicted octanol–water partition coefficient (Wildman–Crippen LogP) is 1.56. The van der Waals surface area contributed by atoms with Gasteiger partial charge in [-0.2, -0.15) is 0 Å². The predicted molar refractivity (Wildman–Crippen MR) is 70.8 cm³/mol. The first-order chi connectivity index (χ1) is 9.27. The normalized spacial score (nSPS) is 29.5. The molecule has 1 fully saturated rings. The molecular weight excluding hydrogens is 242 g/mol. The highest BCUT2D eigenvalue weighted by Crippen LogP contribution is 2.29. The lowest BCUT2D eigenvalue weighted by atomic mass is 10.0. The van der Waals surface area contributed by atoms with Gasteiger partial charge in [0.25, 0.3) is 5.91 Å². The smallest absolute Gasteiger partial charge is 0.251 e. The van der Waals surface area contributed by atoms with Crippen molar-refractivity contribution in [3.63, 3.8) is 0 Å². The minimum atomic E-state index is -0.468. The second kappa shape index (κ2) is 4.99. The summed E-state index contributed by atoms with van der Waals surface area (Å²) in [6.45, 7) is 2.91. The third-order valence-electron chi connectivity index (χ3n) is 3.82. The Bertz CT molecular complexity index is 489. The topological polar surface area (TPSA) is 54.8 Å². The van der Waals surface area contributed by atoms with Crippen LogP contribution in [0.1, 0.15) is 31.4 Å². The molecule has 0 aromatic carbocycles. The van der Waals surface area contributed by atoms with E-state index < -0.39 is 6.04 Å². The van der Waals surface area contributed by atoms with Crippen LogP contribution in [0.25, 0.3) is 0 Å². The molecule has 2 aliphatic heterocycles. The van der Waals surface area contributed by atoms with Crippen molar-refractivity contribution in [1.82, 2.24) is 9.88 Å². The van der Waals surface area contributed by atoms with Crippen LogP contribution in [0.5, 0.6) is 0 Å². The number of likely N-dealkylation sites (tertiary alicyclic amines) is 1. The molecule has 1 aromatic heterocycles. The Morgan fingerprint density at radius 3 is 3.11 bits per heavy atom. The maximum absolute atomic E-state index is 12.6. The fourth-order valence-corrected chi connectivity index (χ4v) is 2.75. The summed E-state index contributed by atoms with van der Waals surface area (Å²) < 4.78 is 5.49. The van der Waals surface area contributed by atoms with E-state index in [9.17, 15) is 4.79 Å². The number of hydrogen-bond acceptors (Lipinski definition) is 4. The van der Waals surface area contributed by atoms with Crippen LogP contribution >= 0.6 is 0 Å². The number of carbonyl (C=O) groups is 1. The second-order valence-corrected chi connectivity index (χ2v) is 5.07. The van der Waals surface area contributed by atoms with Gasteiger partial charge in [0.05, 0.1) is 0 Å². The molecule has 1 unspecified atom stereocenters. The minimum Gasteiger partial charge on any atom is -0.473 e. The highest BCUT2D eigenvalue weighted by molar-refractivity contribution is 5.85. The lowest BCUT2D eigenvalue weighted by Gasteiger charge is -2.26. The van der Waals surface area contributed by atoms with Crippen molar-refractivity contribution in [2.24, 2.45) is 4.99 Å². The Labute approximate surface area is 112 Å².